The molecule has 2 aromatic rings. The van der Waals surface area contributed by atoms with E-state index in [2.05, 4.69) is 15.6 Å². The highest BCUT2D eigenvalue weighted by Crippen LogP contribution is 2.25. The Labute approximate surface area is 176 Å². The van der Waals surface area contributed by atoms with Crippen molar-refractivity contribution in [1.29, 1.82) is 0 Å². The van der Waals surface area contributed by atoms with Crippen LogP contribution >= 0.6 is 0 Å². The Kier molecular flexibility index (Phi) is 7.94. The molecule has 1 aliphatic heterocycles. The lowest BCUT2D eigenvalue weighted by molar-refractivity contribution is -0.134. The number of nitrogens with zero attached hydrogens (tertiary/aromatic N) is 2. The van der Waals surface area contributed by atoms with Crippen LogP contribution in [0.1, 0.15) is 54.1 Å². The Balaban J connectivity index is 1.76. The molecule has 3 rings (SSSR count). The van der Waals surface area contributed by atoms with E-state index in [4.69, 9.17) is 0 Å². The van der Waals surface area contributed by atoms with E-state index >= 15 is 0 Å². The maximum atomic E-state index is 13.1. The van der Waals surface area contributed by atoms with E-state index < -0.39 is 0 Å². The first-order valence-electron chi connectivity index (χ1n) is 10.4. The molecule has 30 heavy (non-hydrogen) atoms. The molecule has 1 aliphatic rings. The van der Waals surface area contributed by atoms with E-state index in [1.807, 2.05) is 30.3 Å². The van der Waals surface area contributed by atoms with E-state index in [0.717, 1.165) is 31.2 Å². The second-order valence-corrected chi connectivity index (χ2v) is 7.41. The minimum atomic E-state index is -0.368. The van der Waals surface area contributed by atoms with E-state index in [1.54, 1.807) is 23.2 Å². The summed E-state index contributed by atoms with van der Waals surface area (Å²) in [5, 5.41) is 5.64. The monoisotopic (exact) mass is 408 g/mol. The van der Waals surface area contributed by atoms with Gasteiger partial charge in [-0.2, -0.15) is 0 Å². The van der Waals surface area contributed by atoms with Gasteiger partial charge in [0.1, 0.15) is 0 Å². The molecule has 0 radical (unpaired) electrons. The number of nitrogens with one attached hydrogen (secondary N) is 2. The third-order valence-corrected chi connectivity index (χ3v) is 5.23. The number of carbonyl (C=O) groups excluding carboxylic acids is 3. The number of carbonyl (C=O) groups is 3. The van der Waals surface area contributed by atoms with E-state index in [-0.39, 0.29) is 36.7 Å². The minimum Gasteiger partial charge on any atom is -0.356 e. The number of benzene rings is 1. The summed E-state index contributed by atoms with van der Waals surface area (Å²) in [6.45, 7) is 1.09. The molecule has 1 aromatic heterocycles. The van der Waals surface area contributed by atoms with Gasteiger partial charge in [0.25, 0.3) is 5.91 Å². The standard InChI is InChI=1S/C23H28N4O3/c28-21-15-20(18-9-4-3-5-10-18)27(14-7-2-1-6-13-25-21)22(29)17-26-23(30)19-11-8-12-24-16-19/h3-5,8-12,16,20H,1-2,6-7,13-15,17H2,(H,25,28)(H,26,30). The molecule has 2 N–H and O–H groups in total. The van der Waals surface area contributed by atoms with Gasteiger partial charge in [0.2, 0.25) is 11.8 Å². The van der Waals surface area contributed by atoms with Gasteiger partial charge in [-0.25, -0.2) is 0 Å². The quantitative estimate of drug-likeness (QED) is 0.813. The molecule has 2 heterocycles. The van der Waals surface area contributed by atoms with Crippen molar-refractivity contribution in [3.05, 3.63) is 66.0 Å². The summed E-state index contributed by atoms with van der Waals surface area (Å²) in [5.74, 6) is -0.612. The largest absolute Gasteiger partial charge is 0.356 e. The van der Waals surface area contributed by atoms with Gasteiger partial charge in [0.15, 0.2) is 0 Å². The van der Waals surface area contributed by atoms with Crippen LogP contribution in [0, 0.1) is 0 Å². The van der Waals surface area contributed by atoms with Gasteiger partial charge in [-0.15, -0.1) is 0 Å². The number of aromatic nitrogens is 1. The lowest BCUT2D eigenvalue weighted by atomic mass is 10.0. The molecular formula is C23H28N4O3. The number of amides is 3. The summed E-state index contributed by atoms with van der Waals surface area (Å²) in [4.78, 5) is 43.6. The van der Waals surface area contributed by atoms with Gasteiger partial charge in [0.05, 0.1) is 24.6 Å². The molecule has 0 spiro atoms. The molecule has 1 saturated heterocycles. The van der Waals surface area contributed by atoms with Gasteiger partial charge in [0, 0.05) is 25.5 Å². The second kappa shape index (κ2) is 11.1. The minimum absolute atomic E-state index is 0.0667. The van der Waals surface area contributed by atoms with E-state index in [9.17, 15) is 14.4 Å². The lowest BCUT2D eigenvalue weighted by Crippen LogP contribution is -2.44. The van der Waals surface area contributed by atoms with Gasteiger partial charge in [-0.1, -0.05) is 43.2 Å². The second-order valence-electron chi connectivity index (χ2n) is 7.41. The smallest absolute Gasteiger partial charge is 0.253 e. The molecule has 7 nitrogen and oxygen atoms in total. The number of hydrogen-bond donors (Lipinski definition) is 2. The molecule has 0 bridgehead atoms. The first-order valence-corrected chi connectivity index (χ1v) is 10.4. The van der Waals surface area contributed by atoms with Gasteiger partial charge >= 0.3 is 0 Å². The van der Waals surface area contributed by atoms with Crippen molar-refractivity contribution in [2.24, 2.45) is 0 Å². The summed E-state index contributed by atoms with van der Waals surface area (Å²) < 4.78 is 0. The number of hydrogen-bond acceptors (Lipinski definition) is 4. The zero-order valence-corrected chi connectivity index (χ0v) is 17.0. The van der Waals surface area contributed by atoms with Crippen molar-refractivity contribution in [3.8, 4) is 0 Å². The first kappa shape index (κ1) is 21.5. The summed E-state index contributed by atoms with van der Waals surface area (Å²) in [7, 11) is 0. The molecule has 1 unspecified atom stereocenters. The molecule has 1 atom stereocenters. The van der Waals surface area contributed by atoms with Crippen molar-refractivity contribution in [1.82, 2.24) is 20.5 Å². The number of rotatable bonds is 4. The van der Waals surface area contributed by atoms with E-state index in [0.29, 0.717) is 18.7 Å². The topological polar surface area (TPSA) is 91.4 Å². The molecule has 1 aromatic carbocycles. The van der Waals surface area contributed by atoms with E-state index in [1.165, 1.54) is 6.20 Å². The molecule has 1 fully saturated rings. The predicted molar refractivity (Wildman–Crippen MR) is 114 cm³/mol. The maximum Gasteiger partial charge on any atom is 0.253 e. The van der Waals surface area contributed by atoms with Crippen molar-refractivity contribution in [3.63, 3.8) is 0 Å². The zero-order valence-electron chi connectivity index (χ0n) is 17.0. The van der Waals surface area contributed by atoms with Crippen LogP contribution in [0.4, 0.5) is 0 Å². The maximum absolute atomic E-state index is 13.1. The van der Waals surface area contributed by atoms with Crippen LogP contribution in [0.5, 0.6) is 0 Å². The van der Waals surface area contributed by atoms with Crippen LogP contribution in [0.15, 0.2) is 54.9 Å². The molecule has 0 aliphatic carbocycles. The van der Waals surface area contributed by atoms with Crippen LogP contribution in [-0.4, -0.2) is 47.2 Å². The molecule has 7 heteroatoms. The molecule has 0 saturated carbocycles. The van der Waals surface area contributed by atoms with Crippen molar-refractivity contribution < 1.29 is 14.4 Å². The fourth-order valence-corrected chi connectivity index (χ4v) is 3.63. The lowest BCUT2D eigenvalue weighted by Gasteiger charge is -2.32. The fourth-order valence-electron chi connectivity index (χ4n) is 3.63. The summed E-state index contributed by atoms with van der Waals surface area (Å²) >= 11 is 0. The average Bonchev–Trinajstić information content (AvgIpc) is 2.83. The van der Waals surface area contributed by atoms with Crippen LogP contribution in [0.25, 0.3) is 0 Å². The van der Waals surface area contributed by atoms with Gasteiger partial charge in [-0.05, 0) is 30.5 Å². The Bertz CT molecular complexity index is 842. The highest BCUT2D eigenvalue weighted by molar-refractivity contribution is 5.96. The van der Waals surface area contributed by atoms with Crippen LogP contribution in [0.3, 0.4) is 0 Å². The Morgan fingerprint density at radius 3 is 2.63 bits per heavy atom. The highest BCUT2D eigenvalue weighted by atomic mass is 16.2. The highest BCUT2D eigenvalue weighted by Gasteiger charge is 2.27. The molecule has 158 valence electrons. The van der Waals surface area contributed by atoms with Crippen molar-refractivity contribution in [2.75, 3.05) is 19.6 Å². The predicted octanol–water partition coefficient (Wildman–Crippen LogP) is 2.46. The van der Waals surface area contributed by atoms with Crippen LogP contribution < -0.4 is 10.6 Å². The third-order valence-electron chi connectivity index (χ3n) is 5.23. The SMILES string of the molecule is O=C1CC(c2ccccc2)N(C(=O)CNC(=O)c2cccnc2)CCCCCCN1. The average molecular weight is 409 g/mol. The van der Waals surface area contributed by atoms with Gasteiger partial charge < -0.3 is 15.5 Å². The number of pyridine rings is 1. The first-order chi connectivity index (χ1) is 14.6. The molecular weight excluding hydrogens is 380 g/mol. The Morgan fingerprint density at radius 1 is 1.07 bits per heavy atom. The van der Waals surface area contributed by atoms with Crippen LogP contribution in [0.2, 0.25) is 0 Å². The summed E-state index contributed by atoms with van der Waals surface area (Å²) in [6, 6.07) is 12.6. The Morgan fingerprint density at radius 2 is 1.87 bits per heavy atom. The Hall–Kier alpha value is -3.22. The molecule has 3 amide bonds. The van der Waals surface area contributed by atoms with Gasteiger partial charge in [-0.3, -0.25) is 19.4 Å². The normalized spacial score (nSPS) is 18.1. The third kappa shape index (κ3) is 6.14. The summed E-state index contributed by atoms with van der Waals surface area (Å²) in [5.41, 5.74) is 1.32. The van der Waals surface area contributed by atoms with Crippen LogP contribution in [-0.2, 0) is 9.59 Å². The zero-order chi connectivity index (χ0) is 21.2. The van der Waals surface area contributed by atoms with Crippen molar-refractivity contribution in [2.45, 2.75) is 38.1 Å². The summed E-state index contributed by atoms with van der Waals surface area (Å²) in [6.07, 6.45) is 7.05. The van der Waals surface area contributed by atoms with Crippen molar-refractivity contribution >= 4 is 17.7 Å². The fraction of sp³-hybridized carbons (Fsp3) is 0.391.